The molecule has 2 rings (SSSR count). The monoisotopic (exact) mass is 366 g/mol. The number of sulfonamides is 1. The highest BCUT2D eigenvalue weighted by Gasteiger charge is 2.21. The van der Waals surface area contributed by atoms with Gasteiger partial charge in [-0.05, 0) is 49.2 Å². The minimum atomic E-state index is -3.72. The lowest BCUT2D eigenvalue weighted by atomic mass is 10.1. The molecule has 1 amide bonds. The highest BCUT2D eigenvalue weighted by atomic mass is 35.5. The van der Waals surface area contributed by atoms with Crippen molar-refractivity contribution in [2.75, 3.05) is 5.32 Å². The third kappa shape index (κ3) is 4.56. The van der Waals surface area contributed by atoms with Crippen LogP contribution in [0.5, 0.6) is 0 Å². The van der Waals surface area contributed by atoms with Crippen LogP contribution in [0.2, 0.25) is 5.02 Å². The second-order valence-electron chi connectivity index (χ2n) is 5.56. The van der Waals surface area contributed by atoms with Gasteiger partial charge in [-0.1, -0.05) is 29.8 Å². The van der Waals surface area contributed by atoms with Crippen LogP contribution in [0.4, 0.5) is 5.69 Å². The zero-order valence-electron chi connectivity index (χ0n) is 13.6. The molecule has 0 aliphatic heterocycles. The Morgan fingerprint density at radius 3 is 2.54 bits per heavy atom. The summed E-state index contributed by atoms with van der Waals surface area (Å²) in [4.78, 5) is 11.3. The summed E-state index contributed by atoms with van der Waals surface area (Å²) in [6.45, 7) is 4.87. The van der Waals surface area contributed by atoms with E-state index >= 15 is 0 Å². The van der Waals surface area contributed by atoms with Crippen molar-refractivity contribution < 1.29 is 13.2 Å². The van der Waals surface area contributed by atoms with Gasteiger partial charge >= 0.3 is 0 Å². The lowest BCUT2D eigenvalue weighted by molar-refractivity contribution is -0.114. The highest BCUT2D eigenvalue weighted by molar-refractivity contribution is 7.89. The van der Waals surface area contributed by atoms with Crippen LogP contribution in [-0.2, 0) is 14.8 Å². The molecular weight excluding hydrogens is 348 g/mol. The SMILES string of the molecule is CC(=O)Nc1cccc(C(C)NS(=O)(=O)c2cc(Cl)ccc2C)c1. The molecule has 1 unspecified atom stereocenters. The van der Waals surface area contributed by atoms with E-state index in [0.717, 1.165) is 5.56 Å². The Morgan fingerprint density at radius 2 is 1.88 bits per heavy atom. The van der Waals surface area contributed by atoms with Gasteiger partial charge in [0, 0.05) is 23.7 Å². The van der Waals surface area contributed by atoms with E-state index in [1.54, 1.807) is 50.2 Å². The Balaban J connectivity index is 2.26. The summed E-state index contributed by atoms with van der Waals surface area (Å²) < 4.78 is 27.9. The van der Waals surface area contributed by atoms with Crippen molar-refractivity contribution in [2.45, 2.75) is 31.7 Å². The zero-order valence-corrected chi connectivity index (χ0v) is 15.2. The molecule has 2 aromatic carbocycles. The van der Waals surface area contributed by atoms with Gasteiger partial charge in [-0.25, -0.2) is 13.1 Å². The van der Waals surface area contributed by atoms with Crippen LogP contribution in [0, 0.1) is 6.92 Å². The number of hydrogen-bond donors (Lipinski definition) is 2. The molecule has 2 N–H and O–H groups in total. The molecule has 0 heterocycles. The fourth-order valence-electron chi connectivity index (χ4n) is 2.32. The molecule has 24 heavy (non-hydrogen) atoms. The third-order valence-corrected chi connectivity index (χ3v) is 5.40. The number of rotatable bonds is 5. The molecule has 0 bridgehead atoms. The molecule has 128 valence electrons. The summed E-state index contributed by atoms with van der Waals surface area (Å²) in [6.07, 6.45) is 0. The molecule has 1 atom stereocenters. The van der Waals surface area contributed by atoms with Gasteiger partial charge in [0.15, 0.2) is 0 Å². The summed E-state index contributed by atoms with van der Waals surface area (Å²) in [5, 5.41) is 3.04. The van der Waals surface area contributed by atoms with Crippen LogP contribution in [0.15, 0.2) is 47.4 Å². The Labute approximate surface area is 147 Å². The topological polar surface area (TPSA) is 75.3 Å². The highest BCUT2D eigenvalue weighted by Crippen LogP contribution is 2.23. The van der Waals surface area contributed by atoms with Crippen LogP contribution in [-0.4, -0.2) is 14.3 Å². The van der Waals surface area contributed by atoms with Crippen molar-refractivity contribution in [3.63, 3.8) is 0 Å². The molecule has 0 fully saturated rings. The predicted molar refractivity (Wildman–Crippen MR) is 95.7 cm³/mol. The van der Waals surface area contributed by atoms with Gasteiger partial charge in [0.25, 0.3) is 0 Å². The number of benzene rings is 2. The fourth-order valence-corrected chi connectivity index (χ4v) is 4.06. The molecule has 0 aliphatic rings. The number of aryl methyl sites for hydroxylation is 1. The maximum Gasteiger partial charge on any atom is 0.241 e. The number of anilines is 1. The first-order chi connectivity index (χ1) is 11.2. The van der Waals surface area contributed by atoms with Gasteiger partial charge in [0.2, 0.25) is 15.9 Å². The largest absolute Gasteiger partial charge is 0.326 e. The van der Waals surface area contributed by atoms with Crippen LogP contribution >= 0.6 is 11.6 Å². The minimum absolute atomic E-state index is 0.153. The quantitative estimate of drug-likeness (QED) is 0.848. The molecule has 7 heteroatoms. The second-order valence-corrected chi connectivity index (χ2v) is 7.68. The van der Waals surface area contributed by atoms with Crippen molar-refractivity contribution in [1.29, 1.82) is 0 Å². The van der Waals surface area contributed by atoms with Gasteiger partial charge in [-0.15, -0.1) is 0 Å². The number of carbonyl (C=O) groups is 1. The molecule has 0 radical (unpaired) electrons. The third-order valence-electron chi connectivity index (χ3n) is 3.48. The van der Waals surface area contributed by atoms with Gasteiger partial charge in [-0.3, -0.25) is 4.79 Å². The average molecular weight is 367 g/mol. The lowest BCUT2D eigenvalue weighted by Crippen LogP contribution is -2.27. The number of amides is 1. The van der Waals surface area contributed by atoms with Crippen LogP contribution in [0.25, 0.3) is 0 Å². The van der Waals surface area contributed by atoms with Crippen molar-refractivity contribution in [3.05, 3.63) is 58.6 Å². The normalized spacial score (nSPS) is 12.7. The summed E-state index contributed by atoms with van der Waals surface area (Å²) in [5.41, 5.74) is 1.97. The molecule has 2 aromatic rings. The van der Waals surface area contributed by atoms with E-state index in [-0.39, 0.29) is 10.8 Å². The van der Waals surface area contributed by atoms with E-state index in [4.69, 9.17) is 11.6 Å². The summed E-state index contributed by atoms with van der Waals surface area (Å²) in [7, 11) is -3.72. The van der Waals surface area contributed by atoms with Crippen molar-refractivity contribution >= 4 is 33.2 Å². The predicted octanol–water partition coefficient (Wildman–Crippen LogP) is 3.65. The lowest BCUT2D eigenvalue weighted by Gasteiger charge is -2.17. The maximum absolute atomic E-state index is 12.6. The second kappa shape index (κ2) is 7.34. The summed E-state index contributed by atoms with van der Waals surface area (Å²) in [6, 6.07) is 11.3. The number of carbonyl (C=O) groups excluding carboxylic acids is 1. The van der Waals surface area contributed by atoms with E-state index in [2.05, 4.69) is 10.0 Å². The number of hydrogen-bond acceptors (Lipinski definition) is 3. The van der Waals surface area contributed by atoms with Crippen LogP contribution in [0.3, 0.4) is 0 Å². The fraction of sp³-hybridized carbons (Fsp3) is 0.235. The van der Waals surface area contributed by atoms with Crippen molar-refractivity contribution in [1.82, 2.24) is 4.72 Å². The standard InChI is InChI=1S/C17H19ClN2O3S/c1-11-7-8-15(18)10-17(11)24(22,23)20-12(2)14-5-4-6-16(9-14)19-13(3)21/h4-10,12,20H,1-3H3,(H,19,21). The Bertz CT molecular complexity index is 866. The molecule has 0 aromatic heterocycles. The van der Waals surface area contributed by atoms with Gasteiger partial charge in [0.05, 0.1) is 4.90 Å². The van der Waals surface area contributed by atoms with E-state index in [0.29, 0.717) is 16.3 Å². The number of nitrogens with one attached hydrogen (secondary N) is 2. The van der Waals surface area contributed by atoms with Crippen molar-refractivity contribution in [3.8, 4) is 0 Å². The minimum Gasteiger partial charge on any atom is -0.326 e. The molecular formula is C17H19ClN2O3S. The summed E-state index contributed by atoms with van der Waals surface area (Å²) in [5.74, 6) is -0.185. The van der Waals surface area contributed by atoms with E-state index in [9.17, 15) is 13.2 Å². The molecule has 5 nitrogen and oxygen atoms in total. The number of halogens is 1. The first-order valence-corrected chi connectivity index (χ1v) is 9.21. The van der Waals surface area contributed by atoms with Crippen LogP contribution in [0.1, 0.15) is 31.0 Å². The Morgan fingerprint density at radius 1 is 1.17 bits per heavy atom. The van der Waals surface area contributed by atoms with Gasteiger partial charge in [-0.2, -0.15) is 0 Å². The first kappa shape index (κ1) is 18.4. The summed E-state index contributed by atoms with van der Waals surface area (Å²) >= 11 is 5.91. The van der Waals surface area contributed by atoms with E-state index in [1.165, 1.54) is 13.0 Å². The van der Waals surface area contributed by atoms with Gasteiger partial charge < -0.3 is 5.32 Å². The van der Waals surface area contributed by atoms with Crippen molar-refractivity contribution in [2.24, 2.45) is 0 Å². The van der Waals surface area contributed by atoms with Gasteiger partial charge in [0.1, 0.15) is 0 Å². The average Bonchev–Trinajstić information content (AvgIpc) is 2.48. The Hall–Kier alpha value is -1.89. The maximum atomic E-state index is 12.6. The first-order valence-electron chi connectivity index (χ1n) is 7.35. The molecule has 0 aliphatic carbocycles. The molecule has 0 saturated carbocycles. The van der Waals surface area contributed by atoms with E-state index < -0.39 is 16.1 Å². The molecule has 0 spiro atoms. The van der Waals surface area contributed by atoms with E-state index in [1.807, 2.05) is 0 Å². The smallest absolute Gasteiger partial charge is 0.241 e. The zero-order chi connectivity index (χ0) is 17.9. The Kier molecular flexibility index (Phi) is 5.64. The van der Waals surface area contributed by atoms with Crippen LogP contribution < -0.4 is 10.0 Å². The molecule has 0 saturated heterocycles.